The van der Waals surface area contributed by atoms with Crippen molar-refractivity contribution in [3.05, 3.63) is 35.9 Å². The van der Waals surface area contributed by atoms with Gasteiger partial charge in [0.25, 0.3) is 0 Å². The normalized spacial score (nSPS) is 11.0. The molecule has 0 unspecified atom stereocenters. The van der Waals surface area contributed by atoms with Crippen molar-refractivity contribution >= 4 is 29.9 Å². The smallest absolute Gasteiger partial charge is 0.191 e. The zero-order chi connectivity index (χ0) is 18.1. The Bertz CT molecular complexity index is 704. The minimum atomic E-state index is 0. The molecule has 9 heteroatoms. The Balaban J connectivity index is 0.00000338. The molecule has 2 rings (SSSR count). The summed E-state index contributed by atoms with van der Waals surface area (Å²) in [5.74, 6) is 2.58. The molecule has 1 aromatic carbocycles. The lowest BCUT2D eigenvalue weighted by Crippen LogP contribution is -2.39. The van der Waals surface area contributed by atoms with Crippen molar-refractivity contribution in [1.29, 1.82) is 0 Å². The van der Waals surface area contributed by atoms with E-state index in [2.05, 4.69) is 32.7 Å². The van der Waals surface area contributed by atoms with E-state index in [4.69, 9.17) is 4.74 Å². The highest BCUT2D eigenvalue weighted by Gasteiger charge is 2.05. The van der Waals surface area contributed by atoms with Crippen molar-refractivity contribution in [1.82, 2.24) is 25.4 Å². The molecule has 26 heavy (non-hydrogen) atoms. The van der Waals surface area contributed by atoms with Crippen molar-refractivity contribution in [2.75, 3.05) is 27.2 Å². The first-order valence-electron chi connectivity index (χ1n) is 8.35. The van der Waals surface area contributed by atoms with Crippen LogP contribution in [0.4, 0.5) is 0 Å². The predicted octanol–water partition coefficient (Wildman–Crippen LogP) is 1.58. The Morgan fingerprint density at radius 2 is 2.08 bits per heavy atom. The Kier molecular flexibility index (Phi) is 9.78. The number of nitrogens with one attached hydrogen (secondary N) is 2. The fourth-order valence-electron chi connectivity index (χ4n) is 2.45. The van der Waals surface area contributed by atoms with E-state index in [-0.39, 0.29) is 29.7 Å². The summed E-state index contributed by atoms with van der Waals surface area (Å²) in [6.07, 6.45) is 3.28. The van der Waals surface area contributed by atoms with E-state index < -0.39 is 0 Å². The van der Waals surface area contributed by atoms with Crippen LogP contribution in [0.3, 0.4) is 0 Å². The number of methoxy groups -OCH3 is 1. The van der Waals surface area contributed by atoms with Gasteiger partial charge in [-0.15, -0.1) is 34.2 Å². The number of halogens is 1. The number of nitrogens with zero attached hydrogens (tertiary/aromatic N) is 4. The van der Waals surface area contributed by atoms with E-state index in [1.807, 2.05) is 16.7 Å². The zero-order valence-corrected chi connectivity index (χ0v) is 17.7. The van der Waals surface area contributed by atoms with Crippen LogP contribution in [0.2, 0.25) is 0 Å². The number of hydrogen-bond donors (Lipinski definition) is 3. The van der Waals surface area contributed by atoms with Gasteiger partial charge in [-0.25, -0.2) is 0 Å². The number of benzene rings is 1. The van der Waals surface area contributed by atoms with Gasteiger partial charge >= 0.3 is 0 Å². The van der Waals surface area contributed by atoms with Crippen molar-refractivity contribution in [3.8, 4) is 11.5 Å². The molecule has 1 heterocycles. The van der Waals surface area contributed by atoms with Crippen LogP contribution in [-0.4, -0.2) is 53.1 Å². The average molecular weight is 474 g/mol. The van der Waals surface area contributed by atoms with Gasteiger partial charge in [0.1, 0.15) is 23.7 Å². The molecule has 1 aromatic heterocycles. The van der Waals surface area contributed by atoms with Gasteiger partial charge in [0, 0.05) is 39.2 Å². The quantitative estimate of drug-likeness (QED) is 0.306. The standard InChI is InChI=1S/C17H26N6O2.HI/c1-4-16-22-21-12-23(16)10-9-20-17(18-2)19-8-7-13-5-6-14(25-3)11-15(13)24;/h5-6,11-12,24H,4,7-10H2,1-3H3,(H2,18,19,20);1H. The number of hydrogen-bond acceptors (Lipinski definition) is 5. The minimum absolute atomic E-state index is 0. The maximum Gasteiger partial charge on any atom is 0.191 e. The number of aryl methyl sites for hydroxylation is 1. The summed E-state index contributed by atoms with van der Waals surface area (Å²) in [4.78, 5) is 4.20. The molecule has 0 amide bonds. The van der Waals surface area contributed by atoms with E-state index in [0.29, 0.717) is 18.7 Å². The van der Waals surface area contributed by atoms with Gasteiger partial charge in [0.15, 0.2) is 5.96 Å². The second-order valence-corrected chi connectivity index (χ2v) is 5.46. The number of aromatic hydroxyl groups is 1. The van der Waals surface area contributed by atoms with Crippen LogP contribution < -0.4 is 15.4 Å². The van der Waals surface area contributed by atoms with Gasteiger partial charge < -0.3 is 25.0 Å². The third-order valence-corrected chi connectivity index (χ3v) is 3.86. The minimum Gasteiger partial charge on any atom is -0.508 e. The Labute approximate surface area is 171 Å². The first-order valence-corrected chi connectivity index (χ1v) is 8.35. The fourth-order valence-corrected chi connectivity index (χ4v) is 2.45. The zero-order valence-electron chi connectivity index (χ0n) is 15.4. The fraction of sp³-hybridized carbons (Fsp3) is 0.471. The van der Waals surface area contributed by atoms with Crippen molar-refractivity contribution in [3.63, 3.8) is 0 Å². The van der Waals surface area contributed by atoms with Gasteiger partial charge in [-0.3, -0.25) is 4.99 Å². The highest BCUT2D eigenvalue weighted by Crippen LogP contribution is 2.23. The van der Waals surface area contributed by atoms with Crippen LogP contribution in [0.1, 0.15) is 18.3 Å². The molecule has 0 saturated carbocycles. The van der Waals surface area contributed by atoms with Crippen LogP contribution in [0, 0.1) is 0 Å². The summed E-state index contributed by atoms with van der Waals surface area (Å²) in [5, 5.41) is 24.5. The predicted molar refractivity (Wildman–Crippen MR) is 113 cm³/mol. The van der Waals surface area contributed by atoms with Gasteiger partial charge in [-0.05, 0) is 18.1 Å². The van der Waals surface area contributed by atoms with Gasteiger partial charge in [-0.1, -0.05) is 13.0 Å². The van der Waals surface area contributed by atoms with Gasteiger partial charge in [0.05, 0.1) is 7.11 Å². The molecular weight excluding hydrogens is 447 g/mol. The summed E-state index contributed by atoms with van der Waals surface area (Å²) < 4.78 is 7.11. The van der Waals surface area contributed by atoms with Crippen LogP contribution in [-0.2, 0) is 19.4 Å². The Hall–Kier alpha value is -2.04. The second kappa shape index (κ2) is 11.6. The largest absolute Gasteiger partial charge is 0.508 e. The first kappa shape index (κ1) is 22.0. The third kappa shape index (κ3) is 6.36. The topological polar surface area (TPSA) is 96.6 Å². The summed E-state index contributed by atoms with van der Waals surface area (Å²) in [5.41, 5.74) is 0.862. The highest BCUT2D eigenvalue weighted by molar-refractivity contribution is 14.0. The van der Waals surface area contributed by atoms with Gasteiger partial charge in [-0.2, -0.15) is 0 Å². The molecule has 0 bridgehead atoms. The number of aliphatic imine (C=N–C) groups is 1. The van der Waals surface area contributed by atoms with E-state index in [1.165, 1.54) is 0 Å². The molecule has 0 spiro atoms. The molecule has 3 N–H and O–H groups in total. The monoisotopic (exact) mass is 474 g/mol. The summed E-state index contributed by atoms with van der Waals surface area (Å²) in [6.45, 7) is 4.21. The molecule has 8 nitrogen and oxygen atoms in total. The molecule has 0 radical (unpaired) electrons. The van der Waals surface area contributed by atoms with Crippen molar-refractivity contribution in [2.45, 2.75) is 26.3 Å². The number of phenols is 1. The Morgan fingerprint density at radius 3 is 2.73 bits per heavy atom. The first-order chi connectivity index (χ1) is 12.2. The lowest BCUT2D eigenvalue weighted by Gasteiger charge is -2.13. The molecule has 0 atom stereocenters. The number of ether oxygens (including phenoxy) is 1. The summed E-state index contributed by atoms with van der Waals surface area (Å²) in [7, 11) is 3.31. The van der Waals surface area contributed by atoms with Crippen molar-refractivity contribution < 1.29 is 9.84 Å². The van der Waals surface area contributed by atoms with E-state index in [1.54, 1.807) is 26.6 Å². The van der Waals surface area contributed by atoms with E-state index in [0.717, 1.165) is 36.9 Å². The summed E-state index contributed by atoms with van der Waals surface area (Å²) in [6, 6.07) is 5.32. The third-order valence-electron chi connectivity index (χ3n) is 3.86. The van der Waals surface area contributed by atoms with Crippen LogP contribution in [0.5, 0.6) is 11.5 Å². The van der Waals surface area contributed by atoms with Crippen LogP contribution >= 0.6 is 24.0 Å². The molecule has 144 valence electrons. The summed E-state index contributed by atoms with van der Waals surface area (Å²) >= 11 is 0. The van der Waals surface area contributed by atoms with E-state index in [9.17, 15) is 5.11 Å². The van der Waals surface area contributed by atoms with Crippen LogP contribution in [0.15, 0.2) is 29.5 Å². The second-order valence-electron chi connectivity index (χ2n) is 5.46. The van der Waals surface area contributed by atoms with Gasteiger partial charge in [0.2, 0.25) is 0 Å². The molecule has 2 aromatic rings. The molecule has 0 aliphatic heterocycles. The highest BCUT2D eigenvalue weighted by atomic mass is 127. The number of phenolic OH excluding ortho intramolecular Hbond substituents is 1. The molecule has 0 fully saturated rings. The number of guanidine groups is 1. The lowest BCUT2D eigenvalue weighted by atomic mass is 10.1. The number of aromatic nitrogens is 3. The SMILES string of the molecule is CCc1nncn1CCNC(=NC)NCCc1ccc(OC)cc1O.I. The molecular formula is C17H27IN6O2. The van der Waals surface area contributed by atoms with Crippen LogP contribution in [0.25, 0.3) is 0 Å². The van der Waals surface area contributed by atoms with E-state index >= 15 is 0 Å². The maximum atomic E-state index is 9.97. The molecule has 0 aliphatic rings. The Morgan fingerprint density at radius 1 is 1.31 bits per heavy atom. The number of rotatable bonds is 8. The average Bonchev–Trinajstić information content (AvgIpc) is 3.09. The maximum absolute atomic E-state index is 9.97. The van der Waals surface area contributed by atoms with Crippen molar-refractivity contribution in [2.24, 2.45) is 4.99 Å². The molecule has 0 saturated heterocycles. The molecule has 0 aliphatic carbocycles. The lowest BCUT2D eigenvalue weighted by molar-refractivity contribution is 0.406.